The van der Waals surface area contributed by atoms with Gasteiger partial charge in [0.15, 0.2) is 0 Å². The summed E-state index contributed by atoms with van der Waals surface area (Å²) in [5.74, 6) is 0.0114. The molecule has 1 unspecified atom stereocenters. The third-order valence-corrected chi connectivity index (χ3v) is 2.35. The molecule has 1 aliphatic heterocycles. The molecule has 0 radical (unpaired) electrons. The average Bonchev–Trinajstić information content (AvgIpc) is 2.16. The van der Waals surface area contributed by atoms with Crippen LogP contribution in [0.3, 0.4) is 0 Å². The molecule has 0 aromatic rings. The van der Waals surface area contributed by atoms with E-state index in [0.717, 1.165) is 0 Å². The summed E-state index contributed by atoms with van der Waals surface area (Å²) in [6.07, 6.45) is 0. The molecule has 12 heavy (non-hydrogen) atoms. The molecule has 0 bridgehead atoms. The molecular formula is C7H12BrNO3. The van der Waals surface area contributed by atoms with Crippen molar-refractivity contribution in [1.29, 1.82) is 0 Å². The fourth-order valence-corrected chi connectivity index (χ4v) is 1.53. The van der Waals surface area contributed by atoms with Gasteiger partial charge in [-0.15, -0.1) is 0 Å². The molecule has 4 nitrogen and oxygen atoms in total. The van der Waals surface area contributed by atoms with E-state index < -0.39 is 0 Å². The number of carbonyl (C=O) groups is 1. The quantitative estimate of drug-likeness (QED) is 0.666. The van der Waals surface area contributed by atoms with Crippen LogP contribution in [0.25, 0.3) is 0 Å². The van der Waals surface area contributed by atoms with Crippen molar-refractivity contribution in [3.05, 3.63) is 0 Å². The highest BCUT2D eigenvalue weighted by Crippen LogP contribution is 2.07. The zero-order valence-electron chi connectivity index (χ0n) is 6.70. The summed E-state index contributed by atoms with van der Waals surface area (Å²) in [7, 11) is 0. The first kappa shape index (κ1) is 9.95. The fraction of sp³-hybridized carbons (Fsp3) is 0.857. The molecule has 5 heteroatoms. The Morgan fingerprint density at radius 3 is 3.08 bits per heavy atom. The van der Waals surface area contributed by atoms with Crippen LogP contribution < -0.4 is 0 Å². The molecule has 1 fully saturated rings. The van der Waals surface area contributed by atoms with E-state index in [1.54, 1.807) is 4.90 Å². The summed E-state index contributed by atoms with van der Waals surface area (Å²) in [4.78, 5) is 12.9. The number of ether oxygens (including phenoxy) is 1. The lowest BCUT2D eigenvalue weighted by Gasteiger charge is -2.34. The molecule has 0 aromatic carbocycles. The highest BCUT2D eigenvalue weighted by atomic mass is 79.9. The Hall–Kier alpha value is -0.130. The smallest absolute Gasteiger partial charge is 0.233 e. The molecule has 1 rings (SSSR count). The first-order valence-electron chi connectivity index (χ1n) is 3.83. The molecule has 1 heterocycles. The Morgan fingerprint density at radius 2 is 2.50 bits per heavy atom. The lowest BCUT2D eigenvalue weighted by atomic mass is 10.2. The third-order valence-electron chi connectivity index (χ3n) is 1.87. The van der Waals surface area contributed by atoms with Gasteiger partial charge in [0.05, 0.1) is 31.2 Å². The van der Waals surface area contributed by atoms with Crippen molar-refractivity contribution < 1.29 is 14.6 Å². The summed E-state index contributed by atoms with van der Waals surface area (Å²) in [5, 5.41) is 9.23. The highest BCUT2D eigenvalue weighted by molar-refractivity contribution is 9.09. The number of morpholine rings is 1. The minimum Gasteiger partial charge on any atom is -0.394 e. The Labute approximate surface area is 79.6 Å². The van der Waals surface area contributed by atoms with Gasteiger partial charge in [0, 0.05) is 6.54 Å². The van der Waals surface area contributed by atoms with E-state index in [9.17, 15) is 4.79 Å². The predicted molar refractivity (Wildman–Crippen MR) is 47.2 cm³/mol. The van der Waals surface area contributed by atoms with Crippen LogP contribution in [0.4, 0.5) is 0 Å². The van der Waals surface area contributed by atoms with Crippen molar-refractivity contribution in [3.8, 4) is 0 Å². The SMILES string of the molecule is O=C(CBr)N1CCOCC1CO. The second-order valence-electron chi connectivity index (χ2n) is 2.63. The van der Waals surface area contributed by atoms with Gasteiger partial charge in [-0.2, -0.15) is 0 Å². The van der Waals surface area contributed by atoms with Crippen molar-refractivity contribution in [1.82, 2.24) is 4.90 Å². The first-order chi connectivity index (χ1) is 5.79. The zero-order chi connectivity index (χ0) is 8.97. The topological polar surface area (TPSA) is 49.8 Å². The van der Waals surface area contributed by atoms with Gasteiger partial charge in [-0.3, -0.25) is 4.79 Å². The maximum Gasteiger partial charge on any atom is 0.233 e. The van der Waals surface area contributed by atoms with Crippen molar-refractivity contribution in [3.63, 3.8) is 0 Å². The van der Waals surface area contributed by atoms with Gasteiger partial charge in [0.25, 0.3) is 0 Å². The van der Waals surface area contributed by atoms with Crippen molar-refractivity contribution in [2.24, 2.45) is 0 Å². The van der Waals surface area contributed by atoms with Crippen LogP contribution in [-0.4, -0.2) is 53.7 Å². The second-order valence-corrected chi connectivity index (χ2v) is 3.19. The lowest BCUT2D eigenvalue weighted by molar-refractivity contribution is -0.138. The zero-order valence-corrected chi connectivity index (χ0v) is 8.29. The number of rotatable bonds is 2. The maximum atomic E-state index is 11.2. The van der Waals surface area contributed by atoms with Crippen LogP contribution >= 0.6 is 15.9 Å². The molecule has 0 spiro atoms. The van der Waals surface area contributed by atoms with E-state index in [1.165, 1.54) is 0 Å². The summed E-state index contributed by atoms with van der Waals surface area (Å²) >= 11 is 3.09. The standard InChI is InChI=1S/C7H12BrNO3/c8-3-7(11)9-1-2-12-5-6(9)4-10/h6,10H,1-5H2. The molecule has 0 saturated carbocycles. The first-order valence-corrected chi connectivity index (χ1v) is 4.95. The van der Waals surface area contributed by atoms with Gasteiger partial charge >= 0.3 is 0 Å². The van der Waals surface area contributed by atoms with E-state index in [4.69, 9.17) is 9.84 Å². The molecule has 1 aliphatic rings. The van der Waals surface area contributed by atoms with E-state index in [-0.39, 0.29) is 18.6 Å². The molecule has 1 N–H and O–H groups in total. The van der Waals surface area contributed by atoms with Crippen LogP contribution in [0.1, 0.15) is 0 Å². The minimum absolute atomic E-state index is 0.0114. The normalized spacial score (nSPS) is 24.2. The number of carbonyl (C=O) groups excluding carboxylic acids is 1. The number of halogens is 1. The van der Waals surface area contributed by atoms with Crippen molar-refractivity contribution >= 4 is 21.8 Å². The predicted octanol–water partition coefficient (Wildman–Crippen LogP) is -0.399. The monoisotopic (exact) mass is 237 g/mol. The Morgan fingerprint density at radius 1 is 1.75 bits per heavy atom. The summed E-state index contributed by atoms with van der Waals surface area (Å²) in [6.45, 7) is 1.55. The van der Waals surface area contributed by atoms with Gasteiger partial charge < -0.3 is 14.7 Å². The van der Waals surface area contributed by atoms with E-state index >= 15 is 0 Å². The molecule has 1 saturated heterocycles. The van der Waals surface area contributed by atoms with Crippen LogP contribution in [0.2, 0.25) is 0 Å². The molecule has 1 atom stereocenters. The second kappa shape index (κ2) is 4.79. The lowest BCUT2D eigenvalue weighted by Crippen LogP contribution is -2.50. The molecular weight excluding hydrogens is 226 g/mol. The van der Waals surface area contributed by atoms with Gasteiger partial charge in [-0.1, -0.05) is 15.9 Å². The van der Waals surface area contributed by atoms with Crippen molar-refractivity contribution in [2.45, 2.75) is 6.04 Å². The van der Waals surface area contributed by atoms with E-state index in [2.05, 4.69) is 15.9 Å². The van der Waals surface area contributed by atoms with E-state index in [0.29, 0.717) is 25.1 Å². The van der Waals surface area contributed by atoms with Gasteiger partial charge in [0.1, 0.15) is 0 Å². The number of amides is 1. The number of alkyl halides is 1. The van der Waals surface area contributed by atoms with Crippen LogP contribution in [-0.2, 0) is 9.53 Å². The number of hydrogen-bond donors (Lipinski definition) is 1. The summed E-state index contributed by atoms with van der Waals surface area (Å²) in [5.41, 5.74) is 0. The molecule has 0 aliphatic carbocycles. The highest BCUT2D eigenvalue weighted by Gasteiger charge is 2.25. The number of nitrogens with zero attached hydrogens (tertiary/aromatic N) is 1. The summed E-state index contributed by atoms with van der Waals surface area (Å²) in [6, 6.07) is -0.163. The van der Waals surface area contributed by atoms with Gasteiger partial charge in [0.2, 0.25) is 5.91 Å². The number of aliphatic hydroxyl groups is 1. The minimum atomic E-state index is -0.163. The Bertz CT molecular complexity index is 165. The van der Waals surface area contributed by atoms with Crippen molar-refractivity contribution in [2.75, 3.05) is 31.7 Å². The van der Waals surface area contributed by atoms with Gasteiger partial charge in [-0.25, -0.2) is 0 Å². The van der Waals surface area contributed by atoms with Gasteiger partial charge in [-0.05, 0) is 0 Å². The fourth-order valence-electron chi connectivity index (χ4n) is 1.21. The largest absolute Gasteiger partial charge is 0.394 e. The van der Waals surface area contributed by atoms with Crippen LogP contribution in [0, 0.1) is 0 Å². The average molecular weight is 238 g/mol. The number of hydrogen-bond acceptors (Lipinski definition) is 3. The molecule has 1 amide bonds. The van der Waals surface area contributed by atoms with Crippen LogP contribution in [0.5, 0.6) is 0 Å². The maximum absolute atomic E-state index is 11.2. The third kappa shape index (κ3) is 2.18. The molecule has 70 valence electrons. The summed E-state index contributed by atoms with van der Waals surface area (Å²) < 4.78 is 5.13. The Balaban J connectivity index is 2.52. The number of aliphatic hydroxyl groups excluding tert-OH is 1. The van der Waals surface area contributed by atoms with Crippen LogP contribution in [0.15, 0.2) is 0 Å². The molecule has 0 aromatic heterocycles. The Kier molecular flexibility index (Phi) is 3.97. The van der Waals surface area contributed by atoms with E-state index in [1.807, 2.05) is 0 Å².